The summed E-state index contributed by atoms with van der Waals surface area (Å²) in [5.41, 5.74) is 1.90. The highest BCUT2D eigenvalue weighted by Gasteiger charge is 2.43. The van der Waals surface area contributed by atoms with Crippen LogP contribution in [-0.4, -0.2) is 73.1 Å². The van der Waals surface area contributed by atoms with Gasteiger partial charge in [0.25, 0.3) is 0 Å². The maximum Gasteiger partial charge on any atom is 0.407 e. The molecular weight excluding hydrogens is 398 g/mol. The Labute approximate surface area is 181 Å². The van der Waals surface area contributed by atoms with Crippen LogP contribution >= 0.6 is 0 Å². The first-order valence-electron chi connectivity index (χ1n) is 11.4. The summed E-state index contributed by atoms with van der Waals surface area (Å²) in [6.07, 6.45) is 6.38. The van der Waals surface area contributed by atoms with Crippen LogP contribution < -0.4 is 10.6 Å². The van der Waals surface area contributed by atoms with Gasteiger partial charge in [-0.1, -0.05) is 13.8 Å². The lowest BCUT2D eigenvalue weighted by molar-refractivity contribution is 0.0903. The van der Waals surface area contributed by atoms with E-state index in [1.807, 2.05) is 6.20 Å². The number of nitrogens with zero attached hydrogens (tertiary/aromatic N) is 5. The number of carbonyl (C=O) groups is 1. The molecule has 2 atom stereocenters. The summed E-state index contributed by atoms with van der Waals surface area (Å²) in [4.78, 5) is 22.8. The average Bonchev–Trinajstić information content (AvgIpc) is 3.28. The van der Waals surface area contributed by atoms with E-state index in [0.717, 1.165) is 62.9 Å². The van der Waals surface area contributed by atoms with Crippen molar-refractivity contribution in [3.63, 3.8) is 0 Å². The molecule has 5 rings (SSSR count). The van der Waals surface area contributed by atoms with E-state index in [2.05, 4.69) is 29.6 Å². The van der Waals surface area contributed by atoms with Crippen molar-refractivity contribution in [2.75, 3.05) is 23.8 Å². The zero-order valence-corrected chi connectivity index (χ0v) is 18.1. The van der Waals surface area contributed by atoms with Gasteiger partial charge >= 0.3 is 6.09 Å². The summed E-state index contributed by atoms with van der Waals surface area (Å²) < 4.78 is 7.26. The predicted octanol–water partition coefficient (Wildman–Crippen LogP) is 2.92. The molecule has 2 bridgehead atoms. The van der Waals surface area contributed by atoms with Gasteiger partial charge in [-0.15, -0.1) is 0 Å². The number of fused-ring (bicyclic) bond motifs is 3. The summed E-state index contributed by atoms with van der Waals surface area (Å²) in [5, 5.41) is 21.2. The number of hydrogen-bond acceptors (Lipinski definition) is 7. The molecule has 0 aromatic carbocycles. The van der Waals surface area contributed by atoms with Crippen LogP contribution in [0.5, 0.6) is 0 Å². The Morgan fingerprint density at radius 3 is 2.45 bits per heavy atom. The van der Waals surface area contributed by atoms with E-state index in [-0.39, 0.29) is 18.1 Å². The molecule has 168 valence electrons. The molecule has 5 heterocycles. The van der Waals surface area contributed by atoms with Gasteiger partial charge in [0.1, 0.15) is 0 Å². The highest BCUT2D eigenvalue weighted by Crippen LogP contribution is 2.37. The smallest absolute Gasteiger partial charge is 0.407 e. The second kappa shape index (κ2) is 8.14. The van der Waals surface area contributed by atoms with Crippen molar-refractivity contribution in [2.24, 2.45) is 0 Å². The maximum absolute atomic E-state index is 11.6. The summed E-state index contributed by atoms with van der Waals surface area (Å²) in [6.45, 7) is 5.77. The van der Waals surface area contributed by atoms with Gasteiger partial charge in [-0.25, -0.2) is 4.79 Å². The number of ether oxygens (including phenoxy) is 1. The largest absolute Gasteiger partial charge is 0.465 e. The molecule has 10 nitrogen and oxygen atoms in total. The molecule has 10 heteroatoms. The second-order valence-electron chi connectivity index (χ2n) is 9.28. The lowest BCUT2D eigenvalue weighted by Crippen LogP contribution is -2.49. The summed E-state index contributed by atoms with van der Waals surface area (Å²) in [6, 6.07) is 0.613. The van der Waals surface area contributed by atoms with Gasteiger partial charge in [0.2, 0.25) is 11.9 Å². The third-order valence-corrected chi connectivity index (χ3v) is 6.86. The lowest BCUT2D eigenvalue weighted by Gasteiger charge is -2.37. The van der Waals surface area contributed by atoms with Crippen molar-refractivity contribution in [2.45, 2.75) is 82.5 Å². The van der Waals surface area contributed by atoms with E-state index in [4.69, 9.17) is 14.7 Å². The minimum atomic E-state index is -0.799. The zero-order valence-electron chi connectivity index (χ0n) is 18.1. The summed E-state index contributed by atoms with van der Waals surface area (Å²) in [7, 11) is 0. The molecule has 2 aromatic rings. The zero-order chi connectivity index (χ0) is 21.5. The van der Waals surface area contributed by atoms with Gasteiger partial charge in [0.15, 0.2) is 5.65 Å². The van der Waals surface area contributed by atoms with Gasteiger partial charge in [0, 0.05) is 42.9 Å². The molecular formula is C21H31N7O3. The van der Waals surface area contributed by atoms with E-state index in [0.29, 0.717) is 23.9 Å². The standard InChI is InChI=1S/C21H31N7O3/c1-12(2)17-11-22-28-18(17)25-19(23-13-5-7-31-8-6-13)26-20(28)24-14-9-15-3-4-16(10-14)27(15)21(29)30/h11-16H,3-10H2,1-2H3,(H,29,30)(H2,23,24,25,26). The van der Waals surface area contributed by atoms with Crippen molar-refractivity contribution < 1.29 is 14.6 Å². The topological polar surface area (TPSA) is 117 Å². The Morgan fingerprint density at radius 2 is 1.81 bits per heavy atom. The predicted molar refractivity (Wildman–Crippen MR) is 116 cm³/mol. The third-order valence-electron chi connectivity index (χ3n) is 6.86. The number of carboxylic acid groups (broad SMARTS) is 1. The fraction of sp³-hybridized carbons (Fsp3) is 0.714. The van der Waals surface area contributed by atoms with Gasteiger partial charge < -0.3 is 25.4 Å². The monoisotopic (exact) mass is 429 g/mol. The van der Waals surface area contributed by atoms with E-state index in [1.165, 1.54) is 0 Å². The number of nitrogens with one attached hydrogen (secondary N) is 2. The van der Waals surface area contributed by atoms with Crippen molar-refractivity contribution >= 4 is 23.6 Å². The first-order chi connectivity index (χ1) is 15.0. The first kappa shape index (κ1) is 20.3. The van der Waals surface area contributed by atoms with Gasteiger partial charge in [-0.3, -0.25) is 0 Å². The van der Waals surface area contributed by atoms with Crippen LogP contribution in [-0.2, 0) is 4.74 Å². The van der Waals surface area contributed by atoms with E-state index < -0.39 is 6.09 Å². The van der Waals surface area contributed by atoms with Crippen LogP contribution in [0.2, 0.25) is 0 Å². The minimum absolute atomic E-state index is 0.0785. The number of anilines is 2. The van der Waals surface area contributed by atoms with Crippen molar-refractivity contribution in [1.29, 1.82) is 0 Å². The molecule has 0 saturated carbocycles. The van der Waals surface area contributed by atoms with Crippen LogP contribution in [0.3, 0.4) is 0 Å². The Morgan fingerprint density at radius 1 is 1.10 bits per heavy atom. The molecule has 31 heavy (non-hydrogen) atoms. The SMILES string of the molecule is CC(C)c1cnn2c(NC3CC4CCC(C3)N4C(=O)O)nc(NC3CCOCC3)nc12. The van der Waals surface area contributed by atoms with Crippen molar-refractivity contribution in [3.05, 3.63) is 11.8 Å². The molecule has 0 radical (unpaired) electrons. The highest BCUT2D eigenvalue weighted by atomic mass is 16.5. The number of rotatable bonds is 5. The second-order valence-corrected chi connectivity index (χ2v) is 9.28. The van der Waals surface area contributed by atoms with Crippen LogP contribution in [0.1, 0.15) is 63.9 Å². The van der Waals surface area contributed by atoms with Crippen LogP contribution in [0.4, 0.5) is 16.7 Å². The van der Waals surface area contributed by atoms with E-state index in [1.54, 1.807) is 9.42 Å². The molecule has 3 fully saturated rings. The molecule has 3 aliphatic heterocycles. The van der Waals surface area contributed by atoms with Crippen LogP contribution in [0, 0.1) is 0 Å². The highest BCUT2D eigenvalue weighted by molar-refractivity contribution is 5.66. The first-order valence-corrected chi connectivity index (χ1v) is 11.4. The number of amides is 1. The summed E-state index contributed by atoms with van der Waals surface area (Å²) >= 11 is 0. The normalized spacial score (nSPS) is 26.5. The molecule has 1 amide bonds. The number of piperidine rings is 1. The fourth-order valence-corrected chi connectivity index (χ4v) is 5.27. The number of hydrogen-bond donors (Lipinski definition) is 3. The molecule has 2 aromatic heterocycles. The van der Waals surface area contributed by atoms with E-state index in [9.17, 15) is 9.90 Å². The minimum Gasteiger partial charge on any atom is -0.465 e. The van der Waals surface area contributed by atoms with Gasteiger partial charge in [-0.2, -0.15) is 19.6 Å². The molecule has 3 saturated heterocycles. The quantitative estimate of drug-likeness (QED) is 0.664. The number of aromatic nitrogens is 4. The molecule has 0 spiro atoms. The molecule has 0 aliphatic carbocycles. The van der Waals surface area contributed by atoms with Gasteiger partial charge in [0.05, 0.1) is 6.20 Å². The molecule has 2 unspecified atom stereocenters. The average molecular weight is 430 g/mol. The van der Waals surface area contributed by atoms with E-state index >= 15 is 0 Å². The Bertz CT molecular complexity index is 942. The van der Waals surface area contributed by atoms with Crippen molar-refractivity contribution in [1.82, 2.24) is 24.5 Å². The lowest BCUT2D eigenvalue weighted by atomic mass is 9.98. The third kappa shape index (κ3) is 3.88. The maximum atomic E-state index is 11.6. The fourth-order valence-electron chi connectivity index (χ4n) is 5.27. The van der Waals surface area contributed by atoms with Gasteiger partial charge in [-0.05, 0) is 44.4 Å². The van der Waals surface area contributed by atoms with Crippen LogP contribution in [0.15, 0.2) is 6.20 Å². The molecule has 3 aliphatic rings. The summed E-state index contributed by atoms with van der Waals surface area (Å²) in [5.74, 6) is 1.57. The Kier molecular flexibility index (Phi) is 5.33. The van der Waals surface area contributed by atoms with Crippen molar-refractivity contribution in [3.8, 4) is 0 Å². The van der Waals surface area contributed by atoms with Crippen LogP contribution in [0.25, 0.3) is 5.65 Å². The Balaban J connectivity index is 1.42. The Hall–Kier alpha value is -2.62. The molecule has 3 N–H and O–H groups in total.